The Hall–Kier alpha value is -1.09. The topological polar surface area (TPSA) is 75.7 Å². The molecule has 0 aliphatic carbocycles. The van der Waals surface area contributed by atoms with Crippen LogP contribution in [-0.2, 0) is 25.3 Å². The van der Waals surface area contributed by atoms with Gasteiger partial charge >= 0.3 is 0 Å². The summed E-state index contributed by atoms with van der Waals surface area (Å²) in [6.45, 7) is 5.20. The second kappa shape index (κ2) is 10.8. The highest BCUT2D eigenvalue weighted by atomic mass is 32.2. The standard InChI is InChI=1S/C17H28N2O4S2/c1-14(2)23-10-6-9-18-17(20)13-24-12-15-7-5-8-16(11-15)25(21,22)19(3)4/h5,7-8,11,14H,6,9-10,12-13H2,1-4H3,(H,18,20). The number of rotatable bonds is 11. The number of sulfonamides is 1. The lowest BCUT2D eigenvalue weighted by atomic mass is 10.2. The molecule has 142 valence electrons. The number of nitrogens with one attached hydrogen (secondary N) is 1. The molecule has 6 nitrogen and oxygen atoms in total. The van der Waals surface area contributed by atoms with Crippen LogP contribution in [-0.4, -0.2) is 57.7 Å². The van der Waals surface area contributed by atoms with Crippen LogP contribution >= 0.6 is 11.8 Å². The van der Waals surface area contributed by atoms with Gasteiger partial charge in [-0.3, -0.25) is 4.79 Å². The average molecular weight is 389 g/mol. The summed E-state index contributed by atoms with van der Waals surface area (Å²) in [5, 5.41) is 2.85. The molecular weight excluding hydrogens is 360 g/mol. The molecule has 8 heteroatoms. The number of hydrogen-bond acceptors (Lipinski definition) is 5. The highest BCUT2D eigenvalue weighted by Crippen LogP contribution is 2.18. The van der Waals surface area contributed by atoms with Crippen molar-refractivity contribution in [2.24, 2.45) is 0 Å². The van der Waals surface area contributed by atoms with Crippen molar-refractivity contribution in [3.63, 3.8) is 0 Å². The van der Waals surface area contributed by atoms with E-state index in [1.807, 2.05) is 19.9 Å². The van der Waals surface area contributed by atoms with Crippen LogP contribution in [0.15, 0.2) is 29.2 Å². The number of amides is 1. The molecule has 0 saturated heterocycles. The number of thioether (sulfide) groups is 1. The van der Waals surface area contributed by atoms with Crippen molar-refractivity contribution in [3.05, 3.63) is 29.8 Å². The summed E-state index contributed by atoms with van der Waals surface area (Å²) in [6.07, 6.45) is 0.997. The Balaban J connectivity index is 2.36. The summed E-state index contributed by atoms with van der Waals surface area (Å²) in [4.78, 5) is 12.0. The number of carbonyl (C=O) groups excluding carboxylic acids is 1. The zero-order chi connectivity index (χ0) is 18.9. The summed E-state index contributed by atoms with van der Waals surface area (Å²) in [5.41, 5.74) is 0.881. The van der Waals surface area contributed by atoms with Gasteiger partial charge in [-0.2, -0.15) is 0 Å². The number of benzene rings is 1. The van der Waals surface area contributed by atoms with E-state index in [1.165, 1.54) is 30.2 Å². The van der Waals surface area contributed by atoms with E-state index in [1.54, 1.807) is 18.2 Å². The van der Waals surface area contributed by atoms with E-state index in [4.69, 9.17) is 4.74 Å². The van der Waals surface area contributed by atoms with Crippen molar-refractivity contribution in [3.8, 4) is 0 Å². The van der Waals surface area contributed by atoms with Crippen LogP contribution in [0.4, 0.5) is 0 Å². The molecule has 1 rings (SSSR count). The van der Waals surface area contributed by atoms with Gasteiger partial charge in [0, 0.05) is 33.0 Å². The van der Waals surface area contributed by atoms with E-state index in [-0.39, 0.29) is 16.9 Å². The first-order chi connectivity index (χ1) is 11.7. The maximum Gasteiger partial charge on any atom is 0.242 e. The maximum atomic E-state index is 12.1. The van der Waals surface area contributed by atoms with E-state index in [9.17, 15) is 13.2 Å². The minimum atomic E-state index is -3.43. The Morgan fingerprint density at radius 3 is 2.68 bits per heavy atom. The van der Waals surface area contributed by atoms with Gasteiger partial charge in [-0.25, -0.2) is 12.7 Å². The Labute approximate surface area is 155 Å². The van der Waals surface area contributed by atoms with E-state index in [0.29, 0.717) is 24.7 Å². The van der Waals surface area contributed by atoms with Crippen LogP contribution in [0.25, 0.3) is 0 Å². The number of hydrogen-bond donors (Lipinski definition) is 1. The second-order valence-electron chi connectivity index (χ2n) is 6.05. The normalized spacial score (nSPS) is 11.9. The van der Waals surface area contributed by atoms with Crippen LogP contribution in [0.1, 0.15) is 25.8 Å². The quantitative estimate of drug-likeness (QED) is 0.588. The Morgan fingerprint density at radius 1 is 1.32 bits per heavy atom. The van der Waals surface area contributed by atoms with Crippen molar-refractivity contribution in [1.82, 2.24) is 9.62 Å². The lowest BCUT2D eigenvalue weighted by Crippen LogP contribution is -2.27. The predicted molar refractivity (Wildman–Crippen MR) is 102 cm³/mol. The van der Waals surface area contributed by atoms with Crippen LogP contribution in [0.2, 0.25) is 0 Å². The molecule has 0 saturated carbocycles. The van der Waals surface area contributed by atoms with Gasteiger partial charge in [-0.05, 0) is 38.0 Å². The fourth-order valence-corrected chi connectivity index (χ4v) is 3.72. The third-order valence-corrected chi connectivity index (χ3v) is 6.09. The van der Waals surface area contributed by atoms with Crippen LogP contribution in [0.5, 0.6) is 0 Å². The highest BCUT2D eigenvalue weighted by molar-refractivity contribution is 7.99. The molecule has 0 aliphatic heterocycles. The largest absolute Gasteiger partial charge is 0.379 e. The van der Waals surface area contributed by atoms with Gasteiger partial charge in [0.05, 0.1) is 16.8 Å². The van der Waals surface area contributed by atoms with E-state index in [0.717, 1.165) is 12.0 Å². The fraction of sp³-hybridized carbons (Fsp3) is 0.588. The first-order valence-electron chi connectivity index (χ1n) is 8.21. The van der Waals surface area contributed by atoms with Crippen molar-refractivity contribution in [2.45, 2.75) is 37.0 Å². The van der Waals surface area contributed by atoms with Gasteiger partial charge in [0.25, 0.3) is 0 Å². The van der Waals surface area contributed by atoms with E-state index in [2.05, 4.69) is 5.32 Å². The minimum Gasteiger partial charge on any atom is -0.379 e. The molecule has 0 heterocycles. The van der Waals surface area contributed by atoms with E-state index < -0.39 is 10.0 Å². The molecule has 0 spiro atoms. The summed E-state index contributed by atoms with van der Waals surface area (Å²) in [6, 6.07) is 6.82. The minimum absolute atomic E-state index is 0.0217. The number of nitrogens with zero attached hydrogens (tertiary/aromatic N) is 1. The molecular formula is C17H28N2O4S2. The third kappa shape index (κ3) is 8.22. The van der Waals surface area contributed by atoms with Gasteiger partial charge in [0.1, 0.15) is 0 Å². The average Bonchev–Trinajstić information content (AvgIpc) is 2.54. The van der Waals surface area contributed by atoms with E-state index >= 15 is 0 Å². The highest BCUT2D eigenvalue weighted by Gasteiger charge is 2.17. The molecule has 0 fully saturated rings. The molecule has 1 aromatic rings. The third-order valence-electron chi connectivity index (χ3n) is 3.27. The molecule has 0 aromatic heterocycles. The van der Waals surface area contributed by atoms with Gasteiger partial charge in [-0.15, -0.1) is 11.8 Å². The molecule has 0 bridgehead atoms. The molecule has 0 unspecified atom stereocenters. The monoisotopic (exact) mass is 388 g/mol. The lowest BCUT2D eigenvalue weighted by molar-refractivity contribution is -0.118. The molecule has 25 heavy (non-hydrogen) atoms. The predicted octanol–water partition coefficient (Wildman–Crippen LogP) is 2.10. The van der Waals surface area contributed by atoms with Crippen molar-refractivity contribution in [1.29, 1.82) is 0 Å². The van der Waals surface area contributed by atoms with Gasteiger partial charge < -0.3 is 10.1 Å². The first-order valence-corrected chi connectivity index (χ1v) is 10.8. The molecule has 1 aromatic carbocycles. The van der Waals surface area contributed by atoms with Crippen LogP contribution in [0, 0.1) is 0 Å². The number of ether oxygens (including phenoxy) is 1. The summed E-state index contributed by atoms with van der Waals surface area (Å²) in [7, 11) is -0.417. The van der Waals surface area contributed by atoms with Gasteiger partial charge in [0.2, 0.25) is 15.9 Å². The maximum absolute atomic E-state index is 12.1. The zero-order valence-electron chi connectivity index (χ0n) is 15.3. The van der Waals surface area contributed by atoms with Crippen molar-refractivity contribution < 1.29 is 17.9 Å². The summed E-state index contributed by atoms with van der Waals surface area (Å²) < 4.78 is 30.8. The van der Waals surface area contributed by atoms with Gasteiger partial charge in [0.15, 0.2) is 0 Å². The Kier molecular flexibility index (Phi) is 9.48. The molecule has 0 radical (unpaired) electrons. The second-order valence-corrected chi connectivity index (χ2v) is 9.19. The van der Waals surface area contributed by atoms with Crippen molar-refractivity contribution >= 4 is 27.7 Å². The van der Waals surface area contributed by atoms with Gasteiger partial charge in [-0.1, -0.05) is 12.1 Å². The molecule has 0 aliphatic rings. The lowest BCUT2D eigenvalue weighted by Gasteiger charge is -2.12. The number of carbonyl (C=O) groups is 1. The molecule has 0 atom stereocenters. The van der Waals surface area contributed by atoms with Crippen LogP contribution in [0.3, 0.4) is 0 Å². The smallest absolute Gasteiger partial charge is 0.242 e. The Bertz CT molecular complexity index is 646. The SMILES string of the molecule is CC(C)OCCCNC(=O)CSCc1cccc(S(=O)(=O)N(C)C)c1. The zero-order valence-corrected chi connectivity index (χ0v) is 17.0. The van der Waals surface area contributed by atoms with Crippen LogP contribution < -0.4 is 5.32 Å². The summed E-state index contributed by atoms with van der Waals surface area (Å²) >= 11 is 1.46. The fourth-order valence-electron chi connectivity index (χ4n) is 1.94. The summed E-state index contributed by atoms with van der Waals surface area (Å²) in [5.74, 6) is 0.905. The first kappa shape index (κ1) is 22.0. The molecule has 1 N–H and O–H groups in total. The molecule has 1 amide bonds. The Morgan fingerprint density at radius 2 is 2.04 bits per heavy atom. The van der Waals surface area contributed by atoms with Crippen molar-refractivity contribution in [2.75, 3.05) is 33.0 Å².